The topological polar surface area (TPSA) is 59.0 Å². The molecule has 2 saturated heterocycles. The molecule has 1 aromatic carbocycles. The van der Waals surface area contributed by atoms with Crippen molar-refractivity contribution in [3.8, 4) is 0 Å². The first-order chi connectivity index (χ1) is 12.9. The summed E-state index contributed by atoms with van der Waals surface area (Å²) in [6.07, 6.45) is 0. The number of halogens is 5. The molecule has 0 saturated carbocycles. The van der Waals surface area contributed by atoms with Crippen LogP contribution >= 0.6 is 69.8 Å². The van der Waals surface area contributed by atoms with Crippen LogP contribution in [-0.4, -0.2) is 53.5 Å². The number of fused-ring (bicyclic) bond motifs is 1. The van der Waals surface area contributed by atoms with Crippen LogP contribution in [0.2, 0.25) is 0 Å². The van der Waals surface area contributed by atoms with Crippen LogP contribution in [0.3, 0.4) is 0 Å². The maximum absolute atomic E-state index is 12.9. The predicted molar refractivity (Wildman–Crippen MR) is 115 cm³/mol. The van der Waals surface area contributed by atoms with Crippen molar-refractivity contribution in [1.29, 1.82) is 0 Å². The summed E-state index contributed by atoms with van der Waals surface area (Å²) in [5.41, 5.74) is 0.635. The highest BCUT2D eigenvalue weighted by atomic mass is 35.6. The van der Waals surface area contributed by atoms with Gasteiger partial charge in [-0.05, 0) is 13.8 Å². The lowest BCUT2D eigenvalue weighted by Gasteiger charge is -2.47. The molecule has 1 unspecified atom stereocenters. The van der Waals surface area contributed by atoms with Gasteiger partial charge in [-0.25, -0.2) is 9.79 Å². The molecule has 2 heterocycles. The van der Waals surface area contributed by atoms with Crippen LogP contribution < -0.4 is 0 Å². The minimum absolute atomic E-state index is 0.115. The zero-order chi connectivity index (χ0) is 20.9. The van der Waals surface area contributed by atoms with Gasteiger partial charge in [-0.15, -0.1) is 11.8 Å². The second-order valence-electron chi connectivity index (χ2n) is 6.85. The number of carbonyl (C=O) groups excluding carboxylic acids is 2. The van der Waals surface area contributed by atoms with E-state index in [4.69, 9.17) is 62.7 Å². The second kappa shape index (κ2) is 7.71. The van der Waals surface area contributed by atoms with Crippen LogP contribution in [0.15, 0.2) is 35.3 Å². The fourth-order valence-corrected chi connectivity index (χ4v) is 5.54. The largest absolute Gasteiger partial charge is 0.460 e. The fourth-order valence-electron chi connectivity index (χ4n) is 3.10. The number of benzene rings is 1. The lowest BCUT2D eigenvalue weighted by molar-refractivity contribution is -0.164. The van der Waals surface area contributed by atoms with E-state index in [1.165, 1.54) is 16.7 Å². The van der Waals surface area contributed by atoms with Crippen LogP contribution in [-0.2, 0) is 14.3 Å². The Balaban J connectivity index is 1.83. The van der Waals surface area contributed by atoms with E-state index in [0.29, 0.717) is 5.56 Å². The first-order valence-electron chi connectivity index (χ1n) is 8.10. The fraction of sp³-hybridized carbons (Fsp3) is 0.471. The molecule has 152 valence electrons. The molecule has 28 heavy (non-hydrogen) atoms. The smallest absolute Gasteiger partial charge is 0.330 e. The van der Waals surface area contributed by atoms with Gasteiger partial charge < -0.3 is 9.64 Å². The van der Waals surface area contributed by atoms with Crippen LogP contribution in [0.1, 0.15) is 19.4 Å². The van der Waals surface area contributed by atoms with Crippen molar-refractivity contribution < 1.29 is 14.3 Å². The Hall–Kier alpha value is -0.370. The molecule has 3 atom stereocenters. The number of thioether (sulfide) groups is 1. The summed E-state index contributed by atoms with van der Waals surface area (Å²) < 4.78 is 2.67. The summed E-state index contributed by atoms with van der Waals surface area (Å²) >= 11 is 31.1. The summed E-state index contributed by atoms with van der Waals surface area (Å²) in [4.78, 5) is 29.5. The van der Waals surface area contributed by atoms with Crippen molar-refractivity contribution in [2.45, 2.75) is 38.8 Å². The number of rotatable bonds is 4. The molecule has 11 heteroatoms. The van der Waals surface area contributed by atoms with E-state index >= 15 is 0 Å². The standard InChI is InChI=1S/C17H15Cl5N2O3S/c1-15(2)10(12(25)27-8-16(19,20)21)24-13(26)17(22,14(24)28-15)23-11(18)9-6-4-3-5-7-9/h3-7,10,14H,8H2,1-2H3/b23-11-/t10-,14+,17?/m0/s1. The Bertz CT molecular complexity index is 830. The summed E-state index contributed by atoms with van der Waals surface area (Å²) in [5.74, 6) is -1.20. The van der Waals surface area contributed by atoms with Gasteiger partial charge in [-0.1, -0.05) is 88.3 Å². The van der Waals surface area contributed by atoms with Crippen molar-refractivity contribution in [1.82, 2.24) is 4.90 Å². The summed E-state index contributed by atoms with van der Waals surface area (Å²) in [6.45, 7) is 3.19. The van der Waals surface area contributed by atoms with Gasteiger partial charge in [0.15, 0.2) is 0 Å². The first kappa shape index (κ1) is 22.3. The summed E-state index contributed by atoms with van der Waals surface area (Å²) in [6, 6.07) is 8.06. The van der Waals surface area contributed by atoms with E-state index in [1.807, 2.05) is 19.9 Å². The third-order valence-corrected chi connectivity index (χ3v) is 7.18. The predicted octanol–water partition coefficient (Wildman–Crippen LogP) is 4.58. The molecule has 0 aromatic heterocycles. The Labute approximate surface area is 191 Å². The molecule has 1 amide bonds. The second-order valence-corrected chi connectivity index (χ2v) is 12.0. The van der Waals surface area contributed by atoms with Crippen molar-refractivity contribution in [3.05, 3.63) is 35.9 Å². The first-order valence-corrected chi connectivity index (χ1v) is 10.9. The molecule has 0 aliphatic carbocycles. The zero-order valence-electron chi connectivity index (χ0n) is 14.7. The van der Waals surface area contributed by atoms with Crippen molar-refractivity contribution >= 4 is 86.8 Å². The maximum Gasteiger partial charge on any atom is 0.330 e. The molecule has 0 N–H and O–H groups in total. The number of alkyl halides is 4. The maximum atomic E-state index is 12.9. The molecular weight excluding hydrogens is 490 g/mol. The number of amides is 1. The highest BCUT2D eigenvalue weighted by Gasteiger charge is 2.72. The van der Waals surface area contributed by atoms with Crippen LogP contribution in [0.4, 0.5) is 0 Å². The Morgan fingerprint density at radius 2 is 1.89 bits per heavy atom. The average molecular weight is 505 g/mol. The van der Waals surface area contributed by atoms with E-state index < -0.39 is 43.4 Å². The monoisotopic (exact) mass is 502 g/mol. The van der Waals surface area contributed by atoms with Crippen molar-refractivity contribution in [2.75, 3.05) is 6.61 Å². The Kier molecular flexibility index (Phi) is 6.15. The number of ether oxygens (including phenoxy) is 1. The van der Waals surface area contributed by atoms with Crippen LogP contribution in [0.5, 0.6) is 0 Å². The summed E-state index contributed by atoms with van der Waals surface area (Å²) in [7, 11) is 0. The van der Waals surface area contributed by atoms with E-state index in [2.05, 4.69) is 4.99 Å². The van der Waals surface area contributed by atoms with E-state index in [9.17, 15) is 9.59 Å². The van der Waals surface area contributed by atoms with E-state index in [1.54, 1.807) is 24.3 Å². The number of hydrogen-bond donors (Lipinski definition) is 0. The minimum Gasteiger partial charge on any atom is -0.460 e. The average Bonchev–Trinajstić information content (AvgIpc) is 2.89. The van der Waals surface area contributed by atoms with Gasteiger partial charge in [0.05, 0.1) is 0 Å². The normalized spacial score (nSPS) is 29.3. The molecule has 2 fully saturated rings. The number of β-lactam (4-membered cyclic amide) rings is 1. The van der Waals surface area contributed by atoms with Gasteiger partial charge in [0.25, 0.3) is 5.91 Å². The molecule has 0 radical (unpaired) electrons. The molecule has 0 bridgehead atoms. The van der Waals surface area contributed by atoms with Crippen LogP contribution in [0, 0.1) is 0 Å². The third-order valence-electron chi connectivity index (χ3n) is 4.34. The lowest BCUT2D eigenvalue weighted by Crippen LogP contribution is -2.70. The minimum atomic E-state index is -1.74. The van der Waals surface area contributed by atoms with Crippen molar-refractivity contribution in [2.24, 2.45) is 4.99 Å². The van der Waals surface area contributed by atoms with Crippen LogP contribution in [0.25, 0.3) is 0 Å². The number of nitrogens with zero attached hydrogens (tertiary/aromatic N) is 2. The molecular formula is C17H15Cl5N2O3S. The van der Waals surface area contributed by atoms with Gasteiger partial charge in [0.2, 0.25) is 8.79 Å². The number of esters is 1. The quantitative estimate of drug-likeness (QED) is 0.198. The molecule has 5 nitrogen and oxygen atoms in total. The van der Waals surface area contributed by atoms with Gasteiger partial charge in [-0.2, -0.15) is 0 Å². The Morgan fingerprint density at radius 1 is 1.29 bits per heavy atom. The van der Waals surface area contributed by atoms with Gasteiger partial charge in [-0.3, -0.25) is 4.79 Å². The van der Waals surface area contributed by atoms with Crippen molar-refractivity contribution in [3.63, 3.8) is 0 Å². The number of carbonyl (C=O) groups is 2. The zero-order valence-corrected chi connectivity index (χ0v) is 19.3. The third kappa shape index (κ3) is 4.09. The lowest BCUT2D eigenvalue weighted by atomic mass is 9.96. The SMILES string of the molecule is CC1(C)S[C@H]2N(C(=O)C2(Cl)/N=C(\Cl)c2ccccc2)[C@H]1C(=O)OCC(Cl)(Cl)Cl. The molecule has 0 spiro atoms. The highest BCUT2D eigenvalue weighted by Crippen LogP contribution is 2.58. The van der Waals surface area contributed by atoms with E-state index in [0.717, 1.165) is 0 Å². The van der Waals surface area contributed by atoms with Gasteiger partial charge in [0.1, 0.15) is 23.2 Å². The number of hydrogen-bond acceptors (Lipinski definition) is 5. The molecule has 2 aliphatic rings. The summed E-state index contributed by atoms with van der Waals surface area (Å²) in [5, 5.41) is -0.469. The molecule has 3 rings (SSSR count). The van der Waals surface area contributed by atoms with Gasteiger partial charge >= 0.3 is 5.97 Å². The number of aliphatic imine (C=N–C) groups is 1. The van der Waals surface area contributed by atoms with Gasteiger partial charge in [0, 0.05) is 10.3 Å². The molecule has 2 aliphatic heterocycles. The highest BCUT2D eigenvalue weighted by molar-refractivity contribution is 8.01. The van der Waals surface area contributed by atoms with E-state index in [-0.39, 0.29) is 5.17 Å². The molecule has 1 aromatic rings. The Morgan fingerprint density at radius 3 is 2.46 bits per heavy atom.